The maximum atomic E-state index is 15.1. The molecule has 3 amide bonds. The van der Waals surface area contributed by atoms with Crippen LogP contribution >= 0.6 is 46.6 Å². The monoisotopic (exact) mass is 1820 g/mol. The molecule has 9 aromatic rings. The van der Waals surface area contributed by atoms with E-state index in [4.69, 9.17) is 46.1 Å². The number of carbonyl (C=O) groups excluding carboxylic acids is 3. The van der Waals surface area contributed by atoms with E-state index in [1.807, 2.05) is 39.5 Å². The minimum Gasteiger partial charge on any atom is -0.488 e. The average molecular weight is 1820 g/mol. The van der Waals surface area contributed by atoms with Crippen molar-refractivity contribution in [3.05, 3.63) is 209 Å². The first-order valence-corrected chi connectivity index (χ1v) is 45.7. The molecular weight excluding hydrogens is 1720 g/mol. The summed E-state index contributed by atoms with van der Waals surface area (Å²) < 4.78 is 98.5. The highest BCUT2D eigenvalue weighted by molar-refractivity contribution is 7.99. The third-order valence-electron chi connectivity index (χ3n) is 26.7. The second-order valence-corrected chi connectivity index (χ2v) is 37.0. The largest absolute Gasteiger partial charge is 0.488 e. The fourth-order valence-electron chi connectivity index (χ4n) is 19.7. The first-order chi connectivity index (χ1) is 61.1. The van der Waals surface area contributed by atoms with E-state index in [0.717, 1.165) is 120 Å². The topological polar surface area (TPSA) is 199 Å². The van der Waals surface area contributed by atoms with Crippen molar-refractivity contribution < 1.29 is 45.5 Å². The molecule has 4 unspecified atom stereocenters. The second-order valence-electron chi connectivity index (χ2n) is 34.7. The number of benzene rings is 6. The quantitative estimate of drug-likeness (QED) is 0.0373. The van der Waals surface area contributed by atoms with E-state index in [-0.39, 0.29) is 130 Å². The zero-order valence-corrected chi connectivity index (χ0v) is 74.7. The van der Waals surface area contributed by atoms with Crippen molar-refractivity contribution in [1.82, 2.24) is 58.1 Å². The normalized spacial score (nSPS) is 22.1. The standard InChI is InChI=1S/C32H33ClF2N6O3.C31H34ClF2N5O2S.C31H34ClF2N5O2/c1-4-27(42)40-16-19(2)39(17-22(40)15-36-3)31-24-14-25(33)28(23-9-8-20(34)13-26(23)35)30-29(24)41(32(43)37-31)21(18-44-30)7-5-10-38-11-6-12-38;1-4-26(40)37-15-19(3)38(16-18(37)2)30-23-14-24(32)27(22-9-8-20(33)13-25(22)34)29-28(23)39(31(41)35-30)21(17-42-29)7-5-10-36-11-6-12-36;1-4-27(40)37-16-19(3)38(17-18(37)2)30-24-15-25(32)28(22-8-6-20(33)14-26(22)34)23-9-7-21(10-13-36-11-5-12-36)39(29(23)24)31(41)35-30/h4,8-9,13-14,19,21-22H,1,5-7,10-12,15-18H2,2H3;4,8-9,13-14,18-19,21H,1,5-7,10-12,15-17H2,2-3H3;4,6,8,14-15,18-19,21H,1,5,7,9-13,16-17H2,2-3H3/t19?,21?,22-;2*18-,19+,21?/m011/s1. The van der Waals surface area contributed by atoms with Crippen LogP contribution in [0.2, 0.25) is 15.1 Å². The Kier molecular flexibility index (Phi) is 26.8. The molecule has 6 aromatic carbocycles. The van der Waals surface area contributed by atoms with Gasteiger partial charge < -0.3 is 53.7 Å². The lowest BCUT2D eigenvalue weighted by atomic mass is 9.88. The molecule has 12 heterocycles. The molecule has 9 aliphatic rings. The number of ether oxygens (including phenoxy) is 1. The number of piperazine rings is 3. The summed E-state index contributed by atoms with van der Waals surface area (Å²) in [4.78, 5) is 116. The fraction of sp³-hybridized carbons (Fsp3) is 0.447. The van der Waals surface area contributed by atoms with E-state index in [0.29, 0.717) is 129 Å². The van der Waals surface area contributed by atoms with Crippen molar-refractivity contribution in [2.45, 2.75) is 158 Å². The van der Waals surface area contributed by atoms with Crippen LogP contribution in [-0.4, -0.2) is 229 Å². The van der Waals surface area contributed by atoms with Gasteiger partial charge in [-0.2, -0.15) is 15.0 Å². The number of anilines is 3. The summed E-state index contributed by atoms with van der Waals surface area (Å²) in [6.07, 6.45) is 12.9. The van der Waals surface area contributed by atoms with Gasteiger partial charge in [0.1, 0.15) is 65.0 Å². The molecule has 6 fully saturated rings. The smallest absolute Gasteiger partial charge is 0.350 e. The maximum Gasteiger partial charge on any atom is 0.350 e. The number of aryl methyl sites for hydroxylation is 1. The highest BCUT2D eigenvalue weighted by atomic mass is 35.5. The van der Waals surface area contributed by atoms with Gasteiger partial charge in [-0.3, -0.25) is 28.1 Å². The molecule has 18 rings (SSSR count). The molecule has 0 aliphatic carbocycles. The fourth-order valence-corrected chi connectivity index (χ4v) is 22.1. The summed E-state index contributed by atoms with van der Waals surface area (Å²) in [7, 11) is 0. The number of rotatable bonds is 21. The van der Waals surface area contributed by atoms with Crippen molar-refractivity contribution in [1.29, 1.82) is 0 Å². The number of thioether (sulfide) groups is 1. The summed E-state index contributed by atoms with van der Waals surface area (Å²) in [5, 5.41) is 2.77. The molecule has 3 aromatic heterocycles. The molecule has 0 N–H and O–H groups in total. The lowest BCUT2D eigenvalue weighted by molar-refractivity contribution is -0.129. The molecular formula is C94H101Cl3F6N16O7S. The van der Waals surface area contributed by atoms with Crippen molar-refractivity contribution in [2.24, 2.45) is 0 Å². The SMILES string of the molecule is C=CC(=O)N1C[C@H](C)N(c2nc(=O)n3c4c(c(-c5ccc(F)cc5F)c(Cl)cc24)CCC3CCN2CCC2)C[C@H]1C.C=CC(=O)N1C[C@H](C)N(c2nc(=O)n3c4c(c(-c5ccc(F)cc5F)c(Cl)cc24)SCC3CCCN2CCC2)C[C@H]1C.[C-]#[N+]C[C@H]1CN(c2nc(=O)n3c4c(c(-c5ccc(F)cc5F)c(Cl)cc24)OCC3CCCN2CCC2)C(C)CN1C(=O)C=C. The highest BCUT2D eigenvalue weighted by Crippen LogP contribution is 2.52. The van der Waals surface area contributed by atoms with Gasteiger partial charge in [-0.05, 0) is 230 Å². The van der Waals surface area contributed by atoms with Crippen LogP contribution in [0.4, 0.5) is 43.8 Å². The number of halogens is 9. The Hall–Kier alpha value is -10.3. The van der Waals surface area contributed by atoms with Crippen LogP contribution < -0.4 is 36.5 Å². The number of hydrogen-bond donors (Lipinski definition) is 0. The van der Waals surface area contributed by atoms with E-state index < -0.39 is 46.6 Å². The van der Waals surface area contributed by atoms with Crippen LogP contribution in [0.1, 0.15) is 116 Å². The number of aromatic nitrogens is 6. The van der Waals surface area contributed by atoms with E-state index in [1.165, 1.54) is 67.8 Å². The molecule has 0 bridgehead atoms. The third-order valence-corrected chi connectivity index (χ3v) is 28.8. The van der Waals surface area contributed by atoms with Crippen LogP contribution in [0.3, 0.4) is 0 Å². The number of hydrogen-bond acceptors (Lipinski definition) is 17. The van der Waals surface area contributed by atoms with Gasteiger partial charge >= 0.3 is 17.1 Å². The molecule has 0 saturated carbocycles. The molecule has 9 atom stereocenters. The Balaban J connectivity index is 0.000000140. The Bertz CT molecular complexity index is 6120. The zero-order chi connectivity index (χ0) is 89.8. The van der Waals surface area contributed by atoms with E-state index in [9.17, 15) is 41.9 Å². The summed E-state index contributed by atoms with van der Waals surface area (Å²) in [6, 6.07) is 13.8. The summed E-state index contributed by atoms with van der Waals surface area (Å²) in [6.45, 7) is 40.2. The summed E-state index contributed by atoms with van der Waals surface area (Å²) in [5.74, 6) is -2.56. The lowest BCUT2D eigenvalue weighted by Gasteiger charge is -2.45. The van der Waals surface area contributed by atoms with Crippen molar-refractivity contribution >= 4 is 114 Å². The first kappa shape index (κ1) is 90.1. The third kappa shape index (κ3) is 17.6. The minimum absolute atomic E-state index is 0.0508. The lowest BCUT2D eigenvalue weighted by Crippen LogP contribution is -2.60. The molecule has 127 heavy (non-hydrogen) atoms. The number of nitrogens with zero attached hydrogens (tertiary/aromatic N) is 16. The Morgan fingerprint density at radius 1 is 0.488 bits per heavy atom. The van der Waals surface area contributed by atoms with Crippen molar-refractivity contribution in [2.75, 3.05) is 132 Å². The Morgan fingerprint density at radius 3 is 1.37 bits per heavy atom. The summed E-state index contributed by atoms with van der Waals surface area (Å²) in [5.41, 5.74) is 3.09. The van der Waals surface area contributed by atoms with Gasteiger partial charge in [0.25, 0.3) is 0 Å². The highest BCUT2D eigenvalue weighted by Gasteiger charge is 2.43. The molecule has 0 radical (unpaired) electrons. The first-order valence-electron chi connectivity index (χ1n) is 43.6. The molecule has 33 heteroatoms. The molecule has 6 saturated heterocycles. The van der Waals surface area contributed by atoms with Crippen LogP contribution in [-0.2, 0) is 20.8 Å². The predicted molar refractivity (Wildman–Crippen MR) is 487 cm³/mol. The van der Waals surface area contributed by atoms with Crippen molar-refractivity contribution in [3.63, 3.8) is 0 Å². The van der Waals surface area contributed by atoms with Gasteiger partial charge in [-0.1, -0.05) is 54.5 Å². The van der Waals surface area contributed by atoms with E-state index in [1.54, 1.807) is 58.4 Å². The Morgan fingerprint density at radius 2 is 0.898 bits per heavy atom. The number of carbonyl (C=O) groups is 3. The van der Waals surface area contributed by atoms with Gasteiger partial charge in [0.2, 0.25) is 24.3 Å². The van der Waals surface area contributed by atoms with Crippen LogP contribution in [0.5, 0.6) is 5.75 Å². The second kappa shape index (κ2) is 37.8. The van der Waals surface area contributed by atoms with E-state index in [2.05, 4.69) is 64.0 Å². The Labute approximate surface area is 751 Å². The zero-order valence-electron chi connectivity index (χ0n) is 71.6. The maximum absolute atomic E-state index is 15.1. The average Bonchev–Trinajstić information content (AvgIpc) is 0.727. The van der Waals surface area contributed by atoms with Crippen LogP contribution in [0.25, 0.3) is 70.9 Å². The molecule has 0 spiro atoms. The molecule has 23 nitrogen and oxygen atoms in total. The number of likely N-dealkylation sites (tertiary alicyclic amines) is 3. The minimum atomic E-state index is -0.801. The van der Waals surface area contributed by atoms with Gasteiger partial charge in [0.05, 0.1) is 32.6 Å². The van der Waals surface area contributed by atoms with Gasteiger partial charge in [-0.15, -0.1) is 11.8 Å². The molecule has 9 aliphatic heterocycles. The van der Waals surface area contributed by atoms with Crippen LogP contribution in [0.15, 0.2) is 130 Å². The predicted octanol–water partition coefficient (Wildman–Crippen LogP) is 15.9. The van der Waals surface area contributed by atoms with Gasteiger partial charge in [0, 0.05) is 172 Å². The van der Waals surface area contributed by atoms with E-state index >= 15 is 13.2 Å². The summed E-state index contributed by atoms with van der Waals surface area (Å²) >= 11 is 22.2. The van der Waals surface area contributed by atoms with Crippen LogP contribution in [0, 0.1) is 41.5 Å². The van der Waals surface area contributed by atoms with Gasteiger partial charge in [0.15, 0.2) is 5.75 Å². The number of amides is 3. The van der Waals surface area contributed by atoms with Crippen molar-refractivity contribution in [3.8, 4) is 39.1 Å². The molecule has 668 valence electrons. The van der Waals surface area contributed by atoms with Gasteiger partial charge in [-0.25, -0.2) is 47.3 Å².